The van der Waals surface area contributed by atoms with Crippen LogP contribution >= 0.6 is 0 Å². The van der Waals surface area contributed by atoms with Gasteiger partial charge in [0.25, 0.3) is 0 Å². The van der Waals surface area contributed by atoms with Crippen molar-refractivity contribution in [2.24, 2.45) is 11.7 Å². The smallest absolute Gasteiger partial charge is 0.128 e. The first-order valence-corrected chi connectivity index (χ1v) is 7.41. The molecule has 1 saturated heterocycles. The second-order valence-corrected chi connectivity index (χ2v) is 5.97. The number of aromatic nitrogens is 1. The van der Waals surface area contributed by atoms with E-state index >= 15 is 0 Å². The van der Waals surface area contributed by atoms with Gasteiger partial charge in [-0.05, 0) is 43.4 Å². The second-order valence-electron chi connectivity index (χ2n) is 5.97. The average Bonchev–Trinajstić information content (AvgIpc) is 3.24. The maximum Gasteiger partial charge on any atom is 0.128 e. The number of hydrogen-bond donors (Lipinski definition) is 1. The van der Waals surface area contributed by atoms with Gasteiger partial charge in [-0.3, -0.25) is 4.90 Å². The Kier molecular flexibility index (Phi) is 3.71. The molecule has 104 valence electrons. The molecule has 1 aliphatic carbocycles. The van der Waals surface area contributed by atoms with Gasteiger partial charge in [0.05, 0.1) is 0 Å². The first kappa shape index (κ1) is 12.9. The number of nitrogens with zero attached hydrogens (tertiary/aromatic N) is 3. The molecule has 1 atom stereocenters. The van der Waals surface area contributed by atoms with Crippen LogP contribution in [-0.4, -0.2) is 42.6 Å². The van der Waals surface area contributed by atoms with Crippen molar-refractivity contribution in [3.05, 3.63) is 23.9 Å². The van der Waals surface area contributed by atoms with Gasteiger partial charge in [-0.1, -0.05) is 0 Å². The molecule has 1 aromatic heterocycles. The minimum absolute atomic E-state index is 0.0814. The highest BCUT2D eigenvalue weighted by atomic mass is 15.3. The Bertz CT molecular complexity index is 420. The zero-order chi connectivity index (χ0) is 13.2. The van der Waals surface area contributed by atoms with Crippen LogP contribution in [0.25, 0.3) is 0 Å². The second kappa shape index (κ2) is 5.47. The van der Waals surface area contributed by atoms with Crippen molar-refractivity contribution in [1.29, 1.82) is 0 Å². The minimum Gasteiger partial charge on any atom is -0.354 e. The van der Waals surface area contributed by atoms with Gasteiger partial charge in [0.2, 0.25) is 0 Å². The molecule has 0 radical (unpaired) electrons. The standard InChI is InChI=1S/C15H24N4/c1-12(16)14-4-5-17-15(10-14)19-8-6-18(7-9-19)11-13-2-3-13/h4-5,10,12-13H,2-3,6-9,11,16H2,1H3. The Morgan fingerprint density at radius 1 is 1.32 bits per heavy atom. The quantitative estimate of drug-likeness (QED) is 0.894. The van der Waals surface area contributed by atoms with E-state index in [-0.39, 0.29) is 6.04 Å². The molecule has 19 heavy (non-hydrogen) atoms. The number of anilines is 1. The van der Waals surface area contributed by atoms with Crippen LogP contribution in [0.1, 0.15) is 31.4 Å². The molecule has 0 aromatic carbocycles. The summed E-state index contributed by atoms with van der Waals surface area (Å²) >= 11 is 0. The van der Waals surface area contributed by atoms with Gasteiger partial charge in [-0.15, -0.1) is 0 Å². The summed E-state index contributed by atoms with van der Waals surface area (Å²) in [6.07, 6.45) is 4.76. The lowest BCUT2D eigenvalue weighted by atomic mass is 10.1. The SMILES string of the molecule is CC(N)c1ccnc(N2CCN(CC3CC3)CC2)c1. The van der Waals surface area contributed by atoms with Crippen LogP contribution < -0.4 is 10.6 Å². The number of nitrogens with two attached hydrogens (primary N) is 1. The number of rotatable bonds is 4. The molecular formula is C15H24N4. The van der Waals surface area contributed by atoms with Crippen LogP contribution in [-0.2, 0) is 0 Å². The van der Waals surface area contributed by atoms with E-state index < -0.39 is 0 Å². The predicted molar refractivity (Wildman–Crippen MR) is 78.2 cm³/mol. The van der Waals surface area contributed by atoms with Crippen LogP contribution in [0.15, 0.2) is 18.3 Å². The molecule has 1 aliphatic heterocycles. The summed E-state index contributed by atoms with van der Waals surface area (Å²) in [5.41, 5.74) is 7.11. The van der Waals surface area contributed by atoms with E-state index in [2.05, 4.69) is 20.9 Å². The third-order valence-electron chi connectivity index (χ3n) is 4.20. The van der Waals surface area contributed by atoms with Crippen molar-refractivity contribution in [2.75, 3.05) is 37.6 Å². The van der Waals surface area contributed by atoms with E-state index in [1.165, 1.54) is 38.0 Å². The summed E-state index contributed by atoms with van der Waals surface area (Å²) in [4.78, 5) is 9.48. The van der Waals surface area contributed by atoms with E-state index in [9.17, 15) is 0 Å². The number of pyridine rings is 1. The summed E-state index contributed by atoms with van der Waals surface area (Å²) in [5.74, 6) is 2.08. The van der Waals surface area contributed by atoms with Crippen LogP contribution in [0.2, 0.25) is 0 Å². The molecule has 2 fully saturated rings. The molecule has 2 N–H and O–H groups in total. The fourth-order valence-electron chi connectivity index (χ4n) is 2.72. The lowest BCUT2D eigenvalue weighted by Gasteiger charge is -2.35. The zero-order valence-corrected chi connectivity index (χ0v) is 11.8. The molecule has 0 spiro atoms. The van der Waals surface area contributed by atoms with Crippen molar-refractivity contribution in [1.82, 2.24) is 9.88 Å². The van der Waals surface area contributed by atoms with Gasteiger partial charge in [-0.2, -0.15) is 0 Å². The molecule has 0 amide bonds. The van der Waals surface area contributed by atoms with E-state index in [0.717, 1.165) is 24.8 Å². The van der Waals surface area contributed by atoms with Crippen molar-refractivity contribution < 1.29 is 0 Å². The molecule has 2 aliphatic rings. The van der Waals surface area contributed by atoms with Gasteiger partial charge in [0, 0.05) is 45.0 Å². The Hall–Kier alpha value is -1.13. The van der Waals surface area contributed by atoms with Crippen molar-refractivity contribution in [3.63, 3.8) is 0 Å². The Labute approximate surface area is 115 Å². The van der Waals surface area contributed by atoms with E-state index in [4.69, 9.17) is 5.73 Å². The van der Waals surface area contributed by atoms with E-state index in [1.54, 1.807) is 0 Å². The maximum absolute atomic E-state index is 5.94. The highest BCUT2D eigenvalue weighted by molar-refractivity contribution is 5.42. The van der Waals surface area contributed by atoms with E-state index in [0.29, 0.717) is 0 Å². The van der Waals surface area contributed by atoms with Crippen LogP contribution in [0.4, 0.5) is 5.82 Å². The van der Waals surface area contributed by atoms with Gasteiger partial charge in [-0.25, -0.2) is 4.98 Å². The van der Waals surface area contributed by atoms with Crippen LogP contribution in [0.3, 0.4) is 0 Å². The number of hydrogen-bond acceptors (Lipinski definition) is 4. The van der Waals surface area contributed by atoms with Crippen molar-refractivity contribution in [3.8, 4) is 0 Å². The molecule has 3 rings (SSSR count). The first-order chi connectivity index (χ1) is 9.22. The van der Waals surface area contributed by atoms with Crippen molar-refractivity contribution in [2.45, 2.75) is 25.8 Å². The molecule has 0 bridgehead atoms. The normalized spacial score (nSPS) is 22.5. The Balaban J connectivity index is 1.59. The summed E-state index contributed by atoms with van der Waals surface area (Å²) in [5, 5.41) is 0. The fourth-order valence-corrected chi connectivity index (χ4v) is 2.72. The number of piperazine rings is 1. The fraction of sp³-hybridized carbons (Fsp3) is 0.667. The first-order valence-electron chi connectivity index (χ1n) is 7.41. The Morgan fingerprint density at radius 2 is 2.05 bits per heavy atom. The van der Waals surface area contributed by atoms with Crippen molar-refractivity contribution >= 4 is 5.82 Å². The molecule has 1 unspecified atom stereocenters. The average molecular weight is 260 g/mol. The highest BCUT2D eigenvalue weighted by Crippen LogP contribution is 2.30. The summed E-state index contributed by atoms with van der Waals surface area (Å²) in [6.45, 7) is 7.83. The van der Waals surface area contributed by atoms with E-state index in [1.807, 2.05) is 19.2 Å². The van der Waals surface area contributed by atoms with Gasteiger partial charge < -0.3 is 10.6 Å². The molecular weight excluding hydrogens is 236 g/mol. The Morgan fingerprint density at radius 3 is 2.68 bits per heavy atom. The predicted octanol–water partition coefficient (Wildman–Crippen LogP) is 1.63. The largest absolute Gasteiger partial charge is 0.354 e. The maximum atomic E-state index is 5.94. The van der Waals surface area contributed by atoms with Crippen LogP contribution in [0, 0.1) is 5.92 Å². The lowest BCUT2D eigenvalue weighted by molar-refractivity contribution is 0.247. The summed E-state index contributed by atoms with van der Waals surface area (Å²) in [6, 6.07) is 4.23. The third-order valence-corrected chi connectivity index (χ3v) is 4.20. The molecule has 2 heterocycles. The lowest BCUT2D eigenvalue weighted by Crippen LogP contribution is -2.47. The molecule has 4 heteroatoms. The molecule has 1 aromatic rings. The summed E-state index contributed by atoms with van der Waals surface area (Å²) in [7, 11) is 0. The monoisotopic (exact) mass is 260 g/mol. The molecule has 4 nitrogen and oxygen atoms in total. The third kappa shape index (κ3) is 3.25. The molecule has 1 saturated carbocycles. The highest BCUT2D eigenvalue weighted by Gasteiger charge is 2.26. The summed E-state index contributed by atoms with van der Waals surface area (Å²) < 4.78 is 0. The topological polar surface area (TPSA) is 45.4 Å². The van der Waals surface area contributed by atoms with Gasteiger partial charge in [0.15, 0.2) is 0 Å². The van der Waals surface area contributed by atoms with Crippen LogP contribution in [0.5, 0.6) is 0 Å². The van der Waals surface area contributed by atoms with Gasteiger partial charge in [0.1, 0.15) is 5.82 Å². The minimum atomic E-state index is 0.0814. The van der Waals surface area contributed by atoms with Gasteiger partial charge >= 0.3 is 0 Å². The zero-order valence-electron chi connectivity index (χ0n) is 11.8.